The molecule has 0 fully saturated rings. The van der Waals surface area contributed by atoms with E-state index in [0.717, 1.165) is 52.4 Å². The summed E-state index contributed by atoms with van der Waals surface area (Å²) in [5.41, 5.74) is 12.8. The van der Waals surface area contributed by atoms with Gasteiger partial charge < -0.3 is 16.4 Å². The molecule has 0 bridgehead atoms. The number of pyridine rings is 1. The number of thioether (sulfide) groups is 1. The minimum absolute atomic E-state index is 0.211. The van der Waals surface area contributed by atoms with Gasteiger partial charge in [-0.1, -0.05) is 42.1 Å². The number of anilines is 1. The molecule has 1 atom stereocenters. The third-order valence-corrected chi connectivity index (χ3v) is 7.12. The van der Waals surface area contributed by atoms with Crippen LogP contribution >= 0.6 is 23.1 Å². The van der Waals surface area contributed by atoms with Gasteiger partial charge in [0.25, 0.3) is 5.91 Å². The number of benzene rings is 1. The number of nitrogens with one attached hydrogen (secondary N) is 3. The molecule has 0 saturated heterocycles. The molecule has 0 radical (unpaired) electrons. The summed E-state index contributed by atoms with van der Waals surface area (Å²) in [6, 6.07) is 12.0. The van der Waals surface area contributed by atoms with Gasteiger partial charge in [0.15, 0.2) is 5.50 Å². The summed E-state index contributed by atoms with van der Waals surface area (Å²) in [7, 11) is 0. The van der Waals surface area contributed by atoms with Gasteiger partial charge in [-0.2, -0.15) is 5.10 Å². The van der Waals surface area contributed by atoms with Gasteiger partial charge in [-0.3, -0.25) is 10.2 Å². The molecule has 0 aliphatic carbocycles. The van der Waals surface area contributed by atoms with Crippen LogP contribution in [0.15, 0.2) is 41.5 Å². The number of nitrogens with zero attached hydrogens (tertiary/aromatic N) is 2. The number of amides is 1. The highest BCUT2D eigenvalue weighted by Gasteiger charge is 2.25. The van der Waals surface area contributed by atoms with Crippen molar-refractivity contribution in [2.45, 2.75) is 18.3 Å². The van der Waals surface area contributed by atoms with Crippen molar-refractivity contribution in [2.75, 3.05) is 18.8 Å². The first-order valence-electron chi connectivity index (χ1n) is 9.46. The van der Waals surface area contributed by atoms with Crippen LogP contribution in [0.5, 0.6) is 0 Å². The lowest BCUT2D eigenvalue weighted by atomic mass is 10.1. The number of aromatic nitrogens is 1. The van der Waals surface area contributed by atoms with Crippen molar-refractivity contribution in [1.82, 2.24) is 21.0 Å². The fourth-order valence-electron chi connectivity index (χ4n) is 3.52. The van der Waals surface area contributed by atoms with E-state index in [1.165, 1.54) is 28.7 Å². The fourth-order valence-corrected chi connectivity index (χ4v) is 5.39. The quantitative estimate of drug-likeness (QED) is 0.514. The average molecular weight is 425 g/mol. The topological polar surface area (TPSA) is 104 Å². The van der Waals surface area contributed by atoms with Crippen molar-refractivity contribution in [2.24, 2.45) is 5.10 Å². The molecule has 0 spiro atoms. The molecule has 9 heteroatoms. The van der Waals surface area contributed by atoms with Crippen LogP contribution in [0.1, 0.15) is 26.5 Å². The highest BCUT2D eigenvalue weighted by molar-refractivity contribution is 8.15. The van der Waals surface area contributed by atoms with Gasteiger partial charge in [0.1, 0.15) is 14.8 Å². The monoisotopic (exact) mass is 424 g/mol. The SMILES string of the molecule is Nc1c(C(=O)NC2NN=C(c3ccccc3)S2)sc2nc3c(cc12)CCNCC3. The molecule has 5 N–H and O–H groups in total. The number of nitrogens with two attached hydrogens (primary N) is 1. The highest BCUT2D eigenvalue weighted by atomic mass is 32.2. The number of thiophene rings is 1. The maximum atomic E-state index is 12.9. The molecule has 4 heterocycles. The Morgan fingerprint density at radius 3 is 2.90 bits per heavy atom. The highest BCUT2D eigenvalue weighted by Crippen LogP contribution is 2.34. The third kappa shape index (κ3) is 3.57. The Labute approximate surface area is 176 Å². The summed E-state index contributed by atoms with van der Waals surface area (Å²) in [4.78, 5) is 19.0. The Hall–Kier alpha value is -2.62. The molecule has 7 nitrogen and oxygen atoms in total. The minimum atomic E-state index is -0.335. The van der Waals surface area contributed by atoms with Gasteiger partial charge in [0.05, 0.1) is 5.69 Å². The van der Waals surface area contributed by atoms with Crippen LogP contribution in [0.2, 0.25) is 0 Å². The van der Waals surface area contributed by atoms with Gasteiger partial charge in [-0.05, 0) is 24.6 Å². The van der Waals surface area contributed by atoms with E-state index < -0.39 is 0 Å². The summed E-state index contributed by atoms with van der Waals surface area (Å²) in [5, 5.41) is 12.4. The first-order valence-corrected chi connectivity index (χ1v) is 11.2. The molecular weight excluding hydrogens is 404 g/mol. The predicted octanol–water partition coefficient (Wildman–Crippen LogP) is 2.28. The maximum absolute atomic E-state index is 12.9. The van der Waals surface area contributed by atoms with E-state index in [9.17, 15) is 4.79 Å². The molecule has 1 unspecified atom stereocenters. The zero-order valence-electron chi connectivity index (χ0n) is 15.6. The largest absolute Gasteiger partial charge is 0.397 e. The van der Waals surface area contributed by atoms with Crippen molar-refractivity contribution in [3.63, 3.8) is 0 Å². The lowest BCUT2D eigenvalue weighted by Crippen LogP contribution is -2.38. The summed E-state index contributed by atoms with van der Waals surface area (Å²) in [5.74, 6) is -0.211. The van der Waals surface area contributed by atoms with E-state index >= 15 is 0 Å². The van der Waals surface area contributed by atoms with Gasteiger partial charge in [0.2, 0.25) is 0 Å². The van der Waals surface area contributed by atoms with E-state index in [1.807, 2.05) is 30.3 Å². The summed E-state index contributed by atoms with van der Waals surface area (Å²) in [6.07, 6.45) is 1.82. The van der Waals surface area contributed by atoms with Crippen molar-refractivity contribution in [3.8, 4) is 0 Å². The van der Waals surface area contributed by atoms with E-state index in [2.05, 4.69) is 27.2 Å². The smallest absolute Gasteiger partial charge is 0.265 e. The standard InChI is InChI=1S/C20H20N6OS2/c21-15-13-10-12-6-8-22-9-7-14(12)23-19(13)28-16(15)17(27)24-20-26-25-18(29-20)11-4-2-1-3-5-11/h1-5,10,20,22,26H,6-9,21H2,(H,24,27). The van der Waals surface area contributed by atoms with Crippen LogP contribution < -0.4 is 21.8 Å². The van der Waals surface area contributed by atoms with Gasteiger partial charge in [0, 0.05) is 29.6 Å². The van der Waals surface area contributed by atoms with Crippen molar-refractivity contribution in [3.05, 3.63) is 58.1 Å². The van der Waals surface area contributed by atoms with Crippen molar-refractivity contribution >= 4 is 50.0 Å². The second-order valence-electron chi connectivity index (χ2n) is 6.93. The third-order valence-electron chi connectivity index (χ3n) is 5.00. The van der Waals surface area contributed by atoms with Gasteiger partial charge in [-0.15, -0.1) is 11.3 Å². The van der Waals surface area contributed by atoms with E-state index in [-0.39, 0.29) is 11.4 Å². The number of fused-ring (bicyclic) bond motifs is 2. The number of nitrogen functional groups attached to an aromatic ring is 1. The number of hydrogen-bond acceptors (Lipinski definition) is 8. The molecule has 1 aromatic carbocycles. The zero-order chi connectivity index (χ0) is 19.8. The van der Waals surface area contributed by atoms with Crippen LogP contribution in [0.4, 0.5) is 5.69 Å². The first-order chi connectivity index (χ1) is 14.2. The summed E-state index contributed by atoms with van der Waals surface area (Å²) in [6.45, 7) is 1.86. The Morgan fingerprint density at radius 2 is 2.03 bits per heavy atom. The molecule has 29 heavy (non-hydrogen) atoms. The lowest BCUT2D eigenvalue weighted by Gasteiger charge is -2.11. The molecule has 2 aliphatic rings. The number of hydrogen-bond donors (Lipinski definition) is 4. The van der Waals surface area contributed by atoms with E-state index in [4.69, 9.17) is 10.7 Å². The molecule has 2 aromatic heterocycles. The molecule has 3 aromatic rings. The summed E-state index contributed by atoms with van der Waals surface area (Å²) < 4.78 is 0. The zero-order valence-corrected chi connectivity index (χ0v) is 17.2. The Balaban J connectivity index is 1.34. The van der Waals surface area contributed by atoms with Gasteiger partial charge >= 0.3 is 0 Å². The van der Waals surface area contributed by atoms with Crippen LogP contribution in [-0.2, 0) is 12.8 Å². The average Bonchev–Trinajstić information content (AvgIpc) is 3.24. The lowest BCUT2D eigenvalue weighted by molar-refractivity contribution is 0.0951. The Morgan fingerprint density at radius 1 is 1.21 bits per heavy atom. The van der Waals surface area contributed by atoms with Crippen LogP contribution in [0.25, 0.3) is 10.2 Å². The van der Waals surface area contributed by atoms with E-state index in [1.54, 1.807) is 0 Å². The Bertz CT molecular complexity index is 1110. The second kappa shape index (κ2) is 7.66. The molecule has 5 rings (SSSR count). The van der Waals surface area contributed by atoms with E-state index in [0.29, 0.717) is 10.6 Å². The molecule has 1 amide bonds. The molecule has 2 aliphatic heterocycles. The normalized spacial score (nSPS) is 18.6. The number of carbonyl (C=O) groups excluding carboxylic acids is 1. The van der Waals surface area contributed by atoms with Crippen molar-refractivity contribution in [1.29, 1.82) is 0 Å². The van der Waals surface area contributed by atoms with Crippen LogP contribution in [0.3, 0.4) is 0 Å². The molecule has 0 saturated carbocycles. The fraction of sp³-hybridized carbons (Fsp3) is 0.250. The molecular formula is C20H20N6OS2. The minimum Gasteiger partial charge on any atom is -0.397 e. The number of rotatable bonds is 3. The van der Waals surface area contributed by atoms with Crippen LogP contribution in [-0.4, -0.2) is 34.5 Å². The maximum Gasteiger partial charge on any atom is 0.265 e. The number of hydrazone groups is 1. The van der Waals surface area contributed by atoms with Crippen molar-refractivity contribution < 1.29 is 4.79 Å². The van der Waals surface area contributed by atoms with Crippen LogP contribution in [0, 0.1) is 0 Å². The van der Waals surface area contributed by atoms with Gasteiger partial charge in [-0.25, -0.2) is 4.98 Å². The summed E-state index contributed by atoms with van der Waals surface area (Å²) >= 11 is 2.82. The Kier molecular flexibility index (Phi) is 4.86. The second-order valence-corrected chi connectivity index (χ2v) is 9.02. The first kappa shape index (κ1) is 18.4. The predicted molar refractivity (Wildman–Crippen MR) is 119 cm³/mol. The number of carbonyl (C=O) groups is 1. The molecule has 148 valence electrons.